The summed E-state index contributed by atoms with van der Waals surface area (Å²) in [4.78, 5) is 29.4. The molecule has 0 aliphatic carbocycles. The molecule has 2 aromatic carbocycles. The van der Waals surface area contributed by atoms with Crippen molar-refractivity contribution in [1.29, 1.82) is 0 Å². The van der Waals surface area contributed by atoms with E-state index in [9.17, 15) is 9.36 Å². The highest BCUT2D eigenvalue weighted by Gasteiger charge is 2.16. The van der Waals surface area contributed by atoms with Crippen molar-refractivity contribution >= 4 is 13.8 Å². The highest BCUT2D eigenvalue weighted by molar-refractivity contribution is 7.46. The summed E-state index contributed by atoms with van der Waals surface area (Å²) in [5, 5.41) is 0. The van der Waals surface area contributed by atoms with E-state index in [4.69, 9.17) is 14.5 Å². The number of benzene rings is 2. The van der Waals surface area contributed by atoms with Crippen molar-refractivity contribution in [2.24, 2.45) is 0 Å². The van der Waals surface area contributed by atoms with Gasteiger partial charge in [-0.3, -0.25) is 9.79 Å². The van der Waals surface area contributed by atoms with Crippen LogP contribution in [0.4, 0.5) is 0 Å². The van der Waals surface area contributed by atoms with Crippen LogP contribution >= 0.6 is 7.82 Å². The molecule has 0 aliphatic heterocycles. The Morgan fingerprint density at radius 1 is 1.00 bits per heavy atom. The minimum absolute atomic E-state index is 0.0120. The molecule has 2 rings (SSSR count). The van der Waals surface area contributed by atoms with Crippen LogP contribution in [0.5, 0.6) is 11.5 Å². The molecular formula is C16H17O6P. The van der Waals surface area contributed by atoms with Gasteiger partial charge in [0.2, 0.25) is 0 Å². The Kier molecular flexibility index (Phi) is 5.55. The third-order valence-corrected chi connectivity index (χ3v) is 3.44. The number of carbonyl (C=O) groups excluding carboxylic acids is 1. The molecule has 0 aliphatic rings. The third-order valence-electron chi connectivity index (χ3n) is 2.99. The molecule has 0 bridgehead atoms. The second kappa shape index (κ2) is 7.42. The van der Waals surface area contributed by atoms with E-state index in [1.165, 1.54) is 24.3 Å². The summed E-state index contributed by atoms with van der Waals surface area (Å²) < 4.78 is 20.3. The summed E-state index contributed by atoms with van der Waals surface area (Å²) in [5.74, 6) is -0.260. The van der Waals surface area contributed by atoms with Gasteiger partial charge in [-0.05, 0) is 48.4 Å². The predicted octanol–water partition coefficient (Wildman–Crippen LogP) is 3.33. The smallest absolute Gasteiger partial charge is 0.423 e. The number of hydrogen-bond acceptors (Lipinski definition) is 4. The van der Waals surface area contributed by atoms with E-state index >= 15 is 0 Å². The van der Waals surface area contributed by atoms with Crippen molar-refractivity contribution in [3.05, 3.63) is 59.7 Å². The Morgan fingerprint density at radius 3 is 2.09 bits per heavy atom. The Hall–Kier alpha value is -2.14. The van der Waals surface area contributed by atoms with Crippen molar-refractivity contribution in [2.75, 3.05) is 0 Å². The Balaban J connectivity index is 2.01. The van der Waals surface area contributed by atoms with Gasteiger partial charge in [0.25, 0.3) is 0 Å². The number of phosphoric acid groups is 1. The molecule has 7 heteroatoms. The van der Waals surface area contributed by atoms with Gasteiger partial charge in [-0.15, -0.1) is 0 Å². The first-order valence-corrected chi connectivity index (χ1v) is 8.57. The van der Waals surface area contributed by atoms with E-state index in [1.807, 2.05) is 12.1 Å². The fourth-order valence-corrected chi connectivity index (χ4v) is 2.36. The van der Waals surface area contributed by atoms with Gasteiger partial charge in [-0.1, -0.05) is 25.5 Å². The van der Waals surface area contributed by atoms with Crippen LogP contribution in [0.15, 0.2) is 48.5 Å². The van der Waals surface area contributed by atoms with Crippen molar-refractivity contribution in [2.45, 2.75) is 19.8 Å². The van der Waals surface area contributed by atoms with Gasteiger partial charge >= 0.3 is 13.8 Å². The molecule has 2 aromatic rings. The monoisotopic (exact) mass is 336 g/mol. The number of carbonyl (C=O) groups is 1. The van der Waals surface area contributed by atoms with E-state index in [-0.39, 0.29) is 11.5 Å². The van der Waals surface area contributed by atoms with E-state index in [2.05, 4.69) is 11.4 Å². The summed E-state index contributed by atoms with van der Waals surface area (Å²) in [6.07, 6.45) is 1.99. The largest absolute Gasteiger partial charge is 0.524 e. The highest BCUT2D eigenvalue weighted by atomic mass is 31.2. The average Bonchev–Trinajstić information content (AvgIpc) is 2.49. The number of phosphoric ester groups is 1. The van der Waals surface area contributed by atoms with Crippen LogP contribution in [-0.4, -0.2) is 15.8 Å². The normalized spacial score (nSPS) is 11.1. The molecular weight excluding hydrogens is 319 g/mol. The lowest BCUT2D eigenvalue weighted by atomic mass is 10.1. The Bertz CT molecular complexity index is 702. The van der Waals surface area contributed by atoms with E-state index in [1.54, 1.807) is 12.1 Å². The Morgan fingerprint density at radius 2 is 1.57 bits per heavy atom. The zero-order chi connectivity index (χ0) is 16.9. The lowest BCUT2D eigenvalue weighted by Gasteiger charge is -2.08. The number of esters is 1. The summed E-state index contributed by atoms with van der Waals surface area (Å²) in [7, 11) is -4.60. The van der Waals surface area contributed by atoms with Gasteiger partial charge in [0.1, 0.15) is 11.5 Å². The molecule has 0 fully saturated rings. The first kappa shape index (κ1) is 17.2. The topological polar surface area (TPSA) is 93.1 Å². The van der Waals surface area contributed by atoms with Crippen LogP contribution in [0.1, 0.15) is 29.3 Å². The minimum atomic E-state index is -4.60. The molecule has 0 saturated carbocycles. The zero-order valence-electron chi connectivity index (χ0n) is 12.5. The maximum absolute atomic E-state index is 12.0. The molecule has 0 atom stereocenters. The summed E-state index contributed by atoms with van der Waals surface area (Å²) in [6, 6.07) is 12.6. The van der Waals surface area contributed by atoms with Crippen LogP contribution in [0.25, 0.3) is 0 Å². The molecule has 0 spiro atoms. The molecule has 0 saturated heterocycles. The summed E-state index contributed by atoms with van der Waals surface area (Å²) in [5.41, 5.74) is 1.59. The standard InChI is InChI=1S/C16H17O6P/c1-2-3-12-4-6-13(7-5-12)16(17)21-14-8-10-15(11-9-14)22-23(18,19)20/h4-11H,2-3H2,1H3,(H2,18,19,20). The number of rotatable bonds is 6. The van der Waals surface area contributed by atoms with Gasteiger partial charge in [0.15, 0.2) is 0 Å². The van der Waals surface area contributed by atoms with Crippen LogP contribution in [0.2, 0.25) is 0 Å². The third kappa shape index (κ3) is 5.53. The zero-order valence-corrected chi connectivity index (χ0v) is 13.4. The molecule has 0 heterocycles. The maximum atomic E-state index is 12.0. The van der Waals surface area contributed by atoms with Crippen LogP contribution in [0, 0.1) is 0 Å². The number of hydrogen-bond donors (Lipinski definition) is 2. The van der Waals surface area contributed by atoms with Crippen molar-refractivity contribution in [3.63, 3.8) is 0 Å². The fourth-order valence-electron chi connectivity index (χ4n) is 1.97. The van der Waals surface area contributed by atoms with Gasteiger partial charge < -0.3 is 9.26 Å². The molecule has 0 unspecified atom stereocenters. The molecule has 0 aromatic heterocycles. The molecule has 23 heavy (non-hydrogen) atoms. The first-order valence-electron chi connectivity index (χ1n) is 7.04. The van der Waals surface area contributed by atoms with Crippen LogP contribution < -0.4 is 9.26 Å². The summed E-state index contributed by atoms with van der Waals surface area (Å²) >= 11 is 0. The molecule has 0 radical (unpaired) electrons. The lowest BCUT2D eigenvalue weighted by molar-refractivity contribution is 0.0734. The second-order valence-electron chi connectivity index (χ2n) is 4.89. The van der Waals surface area contributed by atoms with E-state index < -0.39 is 13.8 Å². The van der Waals surface area contributed by atoms with Crippen molar-refractivity contribution < 1.29 is 28.4 Å². The van der Waals surface area contributed by atoms with Crippen molar-refractivity contribution in [3.8, 4) is 11.5 Å². The van der Waals surface area contributed by atoms with Gasteiger partial charge in [0.05, 0.1) is 5.56 Å². The first-order chi connectivity index (χ1) is 10.9. The molecule has 0 amide bonds. The average molecular weight is 336 g/mol. The van der Waals surface area contributed by atoms with Gasteiger partial charge in [-0.2, -0.15) is 0 Å². The summed E-state index contributed by atoms with van der Waals surface area (Å²) in [6.45, 7) is 2.09. The molecule has 122 valence electrons. The predicted molar refractivity (Wildman–Crippen MR) is 84.5 cm³/mol. The van der Waals surface area contributed by atoms with E-state index in [0.29, 0.717) is 5.56 Å². The van der Waals surface area contributed by atoms with Gasteiger partial charge in [0, 0.05) is 0 Å². The quantitative estimate of drug-likeness (QED) is 0.477. The maximum Gasteiger partial charge on any atom is 0.524 e. The van der Waals surface area contributed by atoms with Crippen LogP contribution in [0.3, 0.4) is 0 Å². The minimum Gasteiger partial charge on any atom is -0.423 e. The van der Waals surface area contributed by atoms with Crippen LogP contribution in [-0.2, 0) is 11.0 Å². The molecule has 2 N–H and O–H groups in total. The number of aryl methyl sites for hydroxylation is 1. The number of ether oxygens (including phenoxy) is 1. The molecule has 6 nitrogen and oxygen atoms in total. The SMILES string of the molecule is CCCc1ccc(C(=O)Oc2ccc(OP(=O)(O)O)cc2)cc1. The highest BCUT2D eigenvalue weighted by Crippen LogP contribution is 2.37. The Labute approximate surface area is 133 Å². The fraction of sp³-hybridized carbons (Fsp3) is 0.188. The van der Waals surface area contributed by atoms with Crippen molar-refractivity contribution in [1.82, 2.24) is 0 Å². The lowest BCUT2D eigenvalue weighted by Crippen LogP contribution is -2.08. The van der Waals surface area contributed by atoms with Gasteiger partial charge in [-0.25, -0.2) is 9.36 Å². The van der Waals surface area contributed by atoms with E-state index in [0.717, 1.165) is 18.4 Å². The second-order valence-corrected chi connectivity index (χ2v) is 6.05.